The lowest BCUT2D eigenvalue weighted by Crippen LogP contribution is -2.09. The van der Waals surface area contributed by atoms with Gasteiger partial charge in [-0.3, -0.25) is 0 Å². The summed E-state index contributed by atoms with van der Waals surface area (Å²) in [5, 5.41) is 13.8. The maximum absolute atomic E-state index is 10.8. The first-order chi connectivity index (χ1) is 10.1. The van der Waals surface area contributed by atoms with E-state index in [0.717, 1.165) is 22.7 Å². The molecule has 0 fully saturated rings. The van der Waals surface area contributed by atoms with Crippen molar-refractivity contribution >= 4 is 23.0 Å². The van der Waals surface area contributed by atoms with Crippen LogP contribution in [0.15, 0.2) is 35.7 Å². The van der Waals surface area contributed by atoms with Crippen molar-refractivity contribution in [3.63, 3.8) is 0 Å². The van der Waals surface area contributed by atoms with E-state index in [0.29, 0.717) is 12.1 Å². The fourth-order valence-electron chi connectivity index (χ4n) is 1.77. The lowest BCUT2D eigenvalue weighted by atomic mass is 10.2. The normalized spacial score (nSPS) is 11.9. The molecule has 1 atom stereocenters. The van der Waals surface area contributed by atoms with E-state index in [-0.39, 0.29) is 6.10 Å². The first-order valence-electron chi connectivity index (χ1n) is 6.89. The second kappa shape index (κ2) is 7.13. The van der Waals surface area contributed by atoms with Crippen molar-refractivity contribution in [2.75, 3.05) is 5.32 Å². The van der Waals surface area contributed by atoms with Crippen LogP contribution >= 0.6 is 11.3 Å². The van der Waals surface area contributed by atoms with Crippen molar-refractivity contribution in [1.82, 2.24) is 0 Å². The van der Waals surface area contributed by atoms with Gasteiger partial charge >= 0.3 is 5.97 Å². The van der Waals surface area contributed by atoms with Crippen LogP contribution in [0.2, 0.25) is 0 Å². The van der Waals surface area contributed by atoms with Crippen LogP contribution in [0.25, 0.3) is 0 Å². The van der Waals surface area contributed by atoms with Gasteiger partial charge in [-0.15, -0.1) is 11.3 Å². The minimum absolute atomic E-state index is 0.190. The molecule has 112 valence electrons. The molecule has 0 saturated heterocycles. The maximum atomic E-state index is 10.8. The summed E-state index contributed by atoms with van der Waals surface area (Å²) >= 11 is 1.44. The highest BCUT2D eigenvalue weighted by Gasteiger charge is 2.06. The molecular weight excluding hydrogens is 286 g/mol. The van der Waals surface area contributed by atoms with Gasteiger partial charge in [-0.05, 0) is 31.5 Å². The van der Waals surface area contributed by atoms with Crippen molar-refractivity contribution in [3.8, 4) is 5.75 Å². The molecule has 0 saturated carbocycles. The van der Waals surface area contributed by atoms with E-state index >= 15 is 0 Å². The van der Waals surface area contributed by atoms with Gasteiger partial charge < -0.3 is 15.2 Å². The molecule has 4 nitrogen and oxygen atoms in total. The number of nitrogens with one attached hydrogen (secondary N) is 1. The second-order valence-corrected chi connectivity index (χ2v) is 5.82. The van der Waals surface area contributed by atoms with E-state index in [1.165, 1.54) is 11.3 Å². The average Bonchev–Trinajstić information content (AvgIpc) is 2.94. The predicted octanol–water partition coefficient (Wildman–Crippen LogP) is 4.24. The van der Waals surface area contributed by atoms with Crippen LogP contribution in [-0.4, -0.2) is 17.2 Å². The van der Waals surface area contributed by atoms with Gasteiger partial charge in [0.05, 0.1) is 11.7 Å². The van der Waals surface area contributed by atoms with Gasteiger partial charge in [0.1, 0.15) is 5.75 Å². The number of hydrogen-bond acceptors (Lipinski definition) is 4. The molecule has 1 heterocycles. The minimum Gasteiger partial charge on any atom is -0.491 e. The van der Waals surface area contributed by atoms with Crippen molar-refractivity contribution in [1.29, 1.82) is 0 Å². The van der Waals surface area contributed by atoms with Gasteiger partial charge in [0.2, 0.25) is 0 Å². The quantitative estimate of drug-likeness (QED) is 0.803. The Morgan fingerprint density at radius 1 is 1.43 bits per heavy atom. The zero-order valence-electron chi connectivity index (χ0n) is 12.1. The van der Waals surface area contributed by atoms with Crippen LogP contribution in [-0.2, 0) is 6.54 Å². The number of anilines is 1. The van der Waals surface area contributed by atoms with Crippen molar-refractivity contribution in [3.05, 3.63) is 46.2 Å². The molecule has 0 spiro atoms. The van der Waals surface area contributed by atoms with Crippen LogP contribution in [0.3, 0.4) is 0 Å². The van der Waals surface area contributed by atoms with Crippen molar-refractivity contribution in [2.24, 2.45) is 0 Å². The molecular formula is C16H19NO3S. The Hall–Kier alpha value is -2.01. The summed E-state index contributed by atoms with van der Waals surface area (Å²) in [5.74, 6) is -0.0480. The molecule has 2 N–H and O–H groups in total. The zero-order chi connectivity index (χ0) is 15.2. The molecule has 0 aliphatic heterocycles. The van der Waals surface area contributed by atoms with Crippen molar-refractivity contribution in [2.45, 2.75) is 32.9 Å². The van der Waals surface area contributed by atoms with E-state index in [9.17, 15) is 4.79 Å². The molecule has 2 aromatic rings. The zero-order valence-corrected chi connectivity index (χ0v) is 12.9. The lowest BCUT2D eigenvalue weighted by Gasteiger charge is -2.13. The SMILES string of the molecule is CCC(C)Oc1cccc(NCc2cc(C(=O)O)cs2)c1. The first-order valence-corrected chi connectivity index (χ1v) is 7.77. The Morgan fingerprint density at radius 3 is 2.90 bits per heavy atom. The molecule has 0 aliphatic carbocycles. The average molecular weight is 305 g/mol. The summed E-state index contributed by atoms with van der Waals surface area (Å²) in [7, 11) is 0. The Bertz CT molecular complexity index is 609. The fourth-order valence-corrected chi connectivity index (χ4v) is 2.57. The van der Waals surface area contributed by atoms with E-state index in [1.807, 2.05) is 31.2 Å². The smallest absolute Gasteiger partial charge is 0.336 e. The van der Waals surface area contributed by atoms with Crippen LogP contribution in [0.4, 0.5) is 5.69 Å². The lowest BCUT2D eigenvalue weighted by molar-refractivity contribution is 0.0697. The van der Waals surface area contributed by atoms with Gasteiger partial charge in [0, 0.05) is 28.6 Å². The molecule has 2 rings (SSSR count). The molecule has 21 heavy (non-hydrogen) atoms. The predicted molar refractivity (Wildman–Crippen MR) is 85.4 cm³/mol. The van der Waals surface area contributed by atoms with Gasteiger partial charge in [-0.25, -0.2) is 4.79 Å². The van der Waals surface area contributed by atoms with Crippen LogP contribution < -0.4 is 10.1 Å². The van der Waals surface area contributed by atoms with E-state index in [4.69, 9.17) is 9.84 Å². The summed E-state index contributed by atoms with van der Waals surface area (Å²) < 4.78 is 5.78. The van der Waals surface area contributed by atoms with Gasteiger partial charge in [-0.1, -0.05) is 13.0 Å². The summed E-state index contributed by atoms with van der Waals surface area (Å²) in [4.78, 5) is 11.8. The van der Waals surface area contributed by atoms with Crippen LogP contribution in [0.1, 0.15) is 35.5 Å². The molecule has 5 heteroatoms. The highest BCUT2D eigenvalue weighted by atomic mass is 32.1. The number of hydrogen-bond donors (Lipinski definition) is 2. The van der Waals surface area contributed by atoms with E-state index in [2.05, 4.69) is 12.2 Å². The van der Waals surface area contributed by atoms with E-state index < -0.39 is 5.97 Å². The maximum Gasteiger partial charge on any atom is 0.336 e. The minimum atomic E-state index is -0.888. The third kappa shape index (κ3) is 4.49. The van der Waals surface area contributed by atoms with Crippen LogP contribution in [0, 0.1) is 0 Å². The Kier molecular flexibility index (Phi) is 5.22. The number of ether oxygens (including phenoxy) is 1. The molecule has 1 aromatic heterocycles. The fraction of sp³-hybridized carbons (Fsp3) is 0.312. The number of benzene rings is 1. The number of carbonyl (C=O) groups is 1. The summed E-state index contributed by atoms with van der Waals surface area (Å²) in [6.45, 7) is 4.73. The van der Waals surface area contributed by atoms with Gasteiger partial charge in [-0.2, -0.15) is 0 Å². The topological polar surface area (TPSA) is 58.6 Å². The Morgan fingerprint density at radius 2 is 2.24 bits per heavy atom. The Labute approximate surface area is 128 Å². The van der Waals surface area contributed by atoms with Gasteiger partial charge in [0.15, 0.2) is 0 Å². The Balaban J connectivity index is 1.96. The highest BCUT2D eigenvalue weighted by Crippen LogP contribution is 2.21. The number of carboxylic acids is 1. The summed E-state index contributed by atoms with van der Waals surface area (Å²) in [6, 6.07) is 9.49. The molecule has 1 aromatic carbocycles. The molecule has 1 unspecified atom stereocenters. The summed E-state index contributed by atoms with van der Waals surface area (Å²) in [6.07, 6.45) is 1.15. The summed E-state index contributed by atoms with van der Waals surface area (Å²) in [5.41, 5.74) is 1.30. The van der Waals surface area contributed by atoms with Crippen LogP contribution in [0.5, 0.6) is 5.75 Å². The van der Waals surface area contributed by atoms with Crippen molar-refractivity contribution < 1.29 is 14.6 Å². The number of carboxylic acid groups (broad SMARTS) is 1. The second-order valence-electron chi connectivity index (χ2n) is 4.82. The number of aromatic carboxylic acids is 1. The standard InChI is InChI=1S/C16H19NO3S/c1-3-11(2)20-14-6-4-5-13(8-14)17-9-15-7-12(10-21-15)16(18)19/h4-8,10-11,17H,3,9H2,1-2H3,(H,18,19). The van der Waals surface area contributed by atoms with Gasteiger partial charge in [0.25, 0.3) is 0 Å². The largest absolute Gasteiger partial charge is 0.491 e. The molecule has 0 radical (unpaired) electrons. The first kappa shape index (κ1) is 15.4. The third-order valence-electron chi connectivity index (χ3n) is 3.11. The molecule has 0 aliphatic rings. The number of rotatable bonds is 7. The third-order valence-corrected chi connectivity index (χ3v) is 4.05. The highest BCUT2D eigenvalue weighted by molar-refractivity contribution is 7.10. The molecule has 0 amide bonds. The molecule has 0 bridgehead atoms. The number of thiophene rings is 1. The monoisotopic (exact) mass is 305 g/mol. The van der Waals surface area contributed by atoms with E-state index in [1.54, 1.807) is 11.4 Å².